The van der Waals surface area contributed by atoms with Gasteiger partial charge < -0.3 is 16.0 Å². The van der Waals surface area contributed by atoms with Gasteiger partial charge in [0.15, 0.2) is 0 Å². The summed E-state index contributed by atoms with van der Waals surface area (Å²) in [7, 11) is -3.94. The number of hydrogen-bond acceptors (Lipinski definition) is 6. The minimum atomic E-state index is -3.94. The van der Waals surface area contributed by atoms with E-state index in [0.29, 0.717) is 18.2 Å². The number of carbonyl (C=O) groups excluding carboxylic acids is 2. The molecule has 194 valence electrons. The largest absolute Gasteiger partial charge is 0.354 e. The number of anilines is 1. The lowest BCUT2D eigenvalue weighted by atomic mass is 9.98. The number of benzene rings is 3. The van der Waals surface area contributed by atoms with Crippen molar-refractivity contribution in [2.45, 2.75) is 22.6 Å². The van der Waals surface area contributed by atoms with Crippen molar-refractivity contribution in [3.05, 3.63) is 90.5 Å². The van der Waals surface area contributed by atoms with E-state index >= 15 is 0 Å². The summed E-state index contributed by atoms with van der Waals surface area (Å²) in [6, 6.07) is 23.8. The number of carbonyl (C=O) groups is 2. The van der Waals surface area contributed by atoms with E-state index in [1.165, 1.54) is 28.0 Å². The molecular weight excluding hydrogens is 508 g/mol. The van der Waals surface area contributed by atoms with E-state index in [1.54, 1.807) is 24.3 Å². The summed E-state index contributed by atoms with van der Waals surface area (Å²) < 4.78 is 28.4. The zero-order valence-corrected chi connectivity index (χ0v) is 21.9. The van der Waals surface area contributed by atoms with E-state index in [1.807, 2.05) is 36.4 Å². The molecule has 10 heteroatoms. The molecule has 1 aliphatic heterocycles. The van der Waals surface area contributed by atoms with Gasteiger partial charge in [0.25, 0.3) is 15.9 Å². The molecule has 0 saturated carbocycles. The monoisotopic (exact) mass is 538 g/mol. The summed E-state index contributed by atoms with van der Waals surface area (Å²) in [6.45, 7) is 2.37. The molecular formula is C27H30N4O4S2. The third kappa shape index (κ3) is 7.34. The Labute approximate surface area is 222 Å². The number of rotatable bonds is 10. The number of piperidine rings is 1. The molecule has 0 bridgehead atoms. The van der Waals surface area contributed by atoms with Crippen LogP contribution >= 0.6 is 11.9 Å². The van der Waals surface area contributed by atoms with Crippen LogP contribution in [0.5, 0.6) is 0 Å². The van der Waals surface area contributed by atoms with Crippen molar-refractivity contribution in [1.82, 2.24) is 16.0 Å². The number of nitrogens with one attached hydrogen (secondary N) is 3. The van der Waals surface area contributed by atoms with E-state index in [4.69, 9.17) is 0 Å². The van der Waals surface area contributed by atoms with E-state index in [0.717, 1.165) is 42.8 Å². The molecule has 3 aromatic carbocycles. The van der Waals surface area contributed by atoms with Crippen LogP contribution in [0, 0.1) is 5.92 Å². The third-order valence-electron chi connectivity index (χ3n) is 5.99. The minimum absolute atomic E-state index is 0.0519. The van der Waals surface area contributed by atoms with Crippen LogP contribution in [0.15, 0.2) is 94.7 Å². The molecule has 3 aromatic rings. The van der Waals surface area contributed by atoms with Crippen LogP contribution in [0.3, 0.4) is 0 Å². The third-order valence-corrected chi connectivity index (χ3v) is 9.17. The Bertz CT molecular complexity index is 1280. The zero-order chi connectivity index (χ0) is 26.1. The number of sulfonamides is 1. The fourth-order valence-electron chi connectivity index (χ4n) is 3.91. The Kier molecular flexibility index (Phi) is 9.21. The normalized spacial score (nSPS) is 14.1. The lowest BCUT2D eigenvalue weighted by molar-refractivity contribution is -0.120. The van der Waals surface area contributed by atoms with Gasteiger partial charge in [-0.3, -0.25) is 9.59 Å². The van der Waals surface area contributed by atoms with Crippen molar-refractivity contribution in [2.75, 3.05) is 29.9 Å². The molecule has 4 rings (SSSR count). The molecule has 1 heterocycles. The van der Waals surface area contributed by atoms with Gasteiger partial charge in [0.1, 0.15) is 0 Å². The molecule has 0 aliphatic carbocycles. The molecule has 0 radical (unpaired) electrons. The second-order valence-corrected chi connectivity index (χ2v) is 11.7. The zero-order valence-electron chi connectivity index (χ0n) is 20.3. The summed E-state index contributed by atoms with van der Waals surface area (Å²) in [4.78, 5) is 25.5. The van der Waals surface area contributed by atoms with Gasteiger partial charge in [-0.2, -0.15) is 0 Å². The van der Waals surface area contributed by atoms with Gasteiger partial charge in [-0.25, -0.2) is 12.1 Å². The molecule has 0 spiro atoms. The van der Waals surface area contributed by atoms with Gasteiger partial charge in [-0.05, 0) is 80.4 Å². The highest BCUT2D eigenvalue weighted by atomic mass is 32.3. The van der Waals surface area contributed by atoms with Crippen molar-refractivity contribution in [3.63, 3.8) is 0 Å². The van der Waals surface area contributed by atoms with E-state index < -0.39 is 15.9 Å². The SMILES string of the molecule is O=C(CNC(=O)c1ccc(S(=O)(=O)N(Sc2ccccc2)c2ccccc2)cc1)NCC1CCNCC1. The topological polar surface area (TPSA) is 108 Å². The summed E-state index contributed by atoms with van der Waals surface area (Å²) in [5.74, 6) is -0.243. The van der Waals surface area contributed by atoms with Crippen LogP contribution < -0.4 is 19.7 Å². The van der Waals surface area contributed by atoms with Gasteiger partial charge in [-0.1, -0.05) is 36.4 Å². The predicted molar refractivity (Wildman–Crippen MR) is 146 cm³/mol. The van der Waals surface area contributed by atoms with Crippen LogP contribution in [-0.2, 0) is 14.8 Å². The van der Waals surface area contributed by atoms with Gasteiger partial charge in [0.2, 0.25) is 5.91 Å². The molecule has 2 amide bonds. The van der Waals surface area contributed by atoms with Crippen LogP contribution in [0.4, 0.5) is 5.69 Å². The Balaban J connectivity index is 1.40. The number of nitrogens with zero attached hydrogens (tertiary/aromatic N) is 1. The summed E-state index contributed by atoms with van der Waals surface area (Å²) in [6.07, 6.45) is 2.04. The van der Waals surface area contributed by atoms with Crippen molar-refractivity contribution >= 4 is 39.5 Å². The highest BCUT2D eigenvalue weighted by Crippen LogP contribution is 2.34. The Hall–Kier alpha value is -3.34. The van der Waals surface area contributed by atoms with Crippen molar-refractivity contribution in [3.8, 4) is 0 Å². The number of hydrogen-bond donors (Lipinski definition) is 3. The first kappa shape index (κ1) is 26.7. The van der Waals surface area contributed by atoms with Gasteiger partial charge >= 0.3 is 0 Å². The standard InChI is InChI=1S/C27H30N4O4S2/c32-26(29-19-21-15-17-28-18-16-21)20-30-27(33)22-11-13-25(14-12-22)37(34,35)31(23-7-3-1-4-8-23)36-24-9-5-2-6-10-24/h1-14,21,28H,15-20H2,(H,29,32)(H,30,33). The summed E-state index contributed by atoms with van der Waals surface area (Å²) in [5.41, 5.74) is 0.778. The smallest absolute Gasteiger partial charge is 0.274 e. The second-order valence-electron chi connectivity index (χ2n) is 8.68. The fourth-order valence-corrected chi connectivity index (χ4v) is 6.59. The van der Waals surface area contributed by atoms with Crippen molar-refractivity contribution in [1.29, 1.82) is 0 Å². The van der Waals surface area contributed by atoms with E-state index in [2.05, 4.69) is 16.0 Å². The maximum atomic E-state index is 13.6. The molecule has 1 fully saturated rings. The van der Waals surface area contributed by atoms with Crippen LogP contribution in [-0.4, -0.2) is 46.4 Å². The van der Waals surface area contributed by atoms with Gasteiger partial charge in [0.05, 0.1) is 17.1 Å². The van der Waals surface area contributed by atoms with Crippen LogP contribution in [0.2, 0.25) is 0 Å². The average Bonchev–Trinajstić information content (AvgIpc) is 2.95. The van der Waals surface area contributed by atoms with Crippen LogP contribution in [0.25, 0.3) is 0 Å². The highest BCUT2D eigenvalue weighted by Gasteiger charge is 2.27. The lowest BCUT2D eigenvalue weighted by Crippen LogP contribution is -2.40. The van der Waals surface area contributed by atoms with Crippen molar-refractivity contribution in [2.24, 2.45) is 5.92 Å². The Morgan fingerprint density at radius 1 is 0.865 bits per heavy atom. The van der Waals surface area contributed by atoms with Gasteiger partial charge in [-0.15, -0.1) is 0 Å². The lowest BCUT2D eigenvalue weighted by Gasteiger charge is -2.23. The first-order valence-corrected chi connectivity index (χ1v) is 14.3. The van der Waals surface area contributed by atoms with E-state index in [9.17, 15) is 18.0 Å². The maximum Gasteiger partial charge on any atom is 0.274 e. The molecule has 0 atom stereocenters. The summed E-state index contributed by atoms with van der Waals surface area (Å²) >= 11 is 1.10. The molecule has 3 N–H and O–H groups in total. The number of amides is 2. The Morgan fingerprint density at radius 3 is 2.14 bits per heavy atom. The quantitative estimate of drug-likeness (QED) is 0.342. The maximum absolute atomic E-state index is 13.6. The first-order valence-electron chi connectivity index (χ1n) is 12.1. The van der Waals surface area contributed by atoms with Crippen molar-refractivity contribution < 1.29 is 18.0 Å². The average molecular weight is 539 g/mol. The Morgan fingerprint density at radius 2 is 1.49 bits per heavy atom. The first-order chi connectivity index (χ1) is 17.9. The molecule has 0 unspecified atom stereocenters. The van der Waals surface area contributed by atoms with Gasteiger partial charge in [0, 0.05) is 29.0 Å². The molecule has 37 heavy (non-hydrogen) atoms. The number of para-hydroxylation sites is 1. The molecule has 1 aliphatic rings. The minimum Gasteiger partial charge on any atom is -0.354 e. The molecule has 8 nitrogen and oxygen atoms in total. The second kappa shape index (κ2) is 12.8. The van der Waals surface area contributed by atoms with Crippen LogP contribution in [0.1, 0.15) is 23.2 Å². The molecule has 0 aromatic heterocycles. The highest BCUT2D eigenvalue weighted by molar-refractivity contribution is 8.14. The molecule has 1 saturated heterocycles. The summed E-state index contributed by atoms with van der Waals surface area (Å²) in [5, 5.41) is 8.75. The van der Waals surface area contributed by atoms with E-state index in [-0.39, 0.29) is 22.9 Å². The fraction of sp³-hybridized carbons (Fsp3) is 0.259. The predicted octanol–water partition coefficient (Wildman–Crippen LogP) is 3.43.